The number of hydrogen-bond acceptors (Lipinski definition) is 4. The molecule has 0 aliphatic carbocycles. The molecule has 2 N–H and O–H groups in total. The zero-order valence-electron chi connectivity index (χ0n) is 13.1. The number of hydrogen-bond donors (Lipinski definition) is 2. The number of aromatic nitrogens is 2. The first-order valence-electron chi connectivity index (χ1n) is 7.07. The first-order valence-corrected chi connectivity index (χ1v) is 7.07. The second-order valence-corrected chi connectivity index (χ2v) is 5.66. The summed E-state index contributed by atoms with van der Waals surface area (Å²) in [5.41, 5.74) is 1.01. The van der Waals surface area contributed by atoms with Gasteiger partial charge in [0.05, 0.1) is 19.2 Å². The van der Waals surface area contributed by atoms with Gasteiger partial charge in [-0.05, 0) is 31.5 Å². The van der Waals surface area contributed by atoms with Gasteiger partial charge in [-0.3, -0.25) is 9.48 Å². The normalized spacial score (nSPS) is 16.3. The molecule has 1 fully saturated rings. The third-order valence-corrected chi connectivity index (χ3v) is 3.90. The van der Waals surface area contributed by atoms with Crippen molar-refractivity contribution >= 4 is 30.7 Å². The maximum Gasteiger partial charge on any atom is 0.224 e. The average Bonchev–Trinajstić information content (AvgIpc) is 2.83. The van der Waals surface area contributed by atoms with Gasteiger partial charge < -0.3 is 15.4 Å². The highest BCUT2D eigenvalue weighted by Crippen LogP contribution is 2.28. The smallest absolute Gasteiger partial charge is 0.224 e. The first kappa shape index (κ1) is 21.2. The predicted molar refractivity (Wildman–Crippen MR) is 90.8 cm³/mol. The number of carbonyl (C=O) groups excluding carboxylic acids is 1. The Morgan fingerprint density at radius 1 is 1.45 bits per heavy atom. The van der Waals surface area contributed by atoms with Crippen LogP contribution in [0.15, 0.2) is 12.4 Å². The number of ether oxygens (including phenoxy) is 1. The van der Waals surface area contributed by atoms with E-state index in [-0.39, 0.29) is 36.1 Å². The van der Waals surface area contributed by atoms with Crippen LogP contribution in [0, 0.1) is 5.41 Å². The standard InChI is InChI=1S/C14H24N4O2.2ClH/c1-18-9-12(8-17-18)7-13(19)16-10-14(11-20-2)3-5-15-6-4-14;;/h8-9,15H,3-7,10-11H2,1-2H3,(H,16,19);2*1H. The molecule has 1 aromatic heterocycles. The average molecular weight is 353 g/mol. The zero-order valence-corrected chi connectivity index (χ0v) is 14.8. The van der Waals surface area contributed by atoms with Gasteiger partial charge in [-0.25, -0.2) is 0 Å². The molecule has 8 heteroatoms. The van der Waals surface area contributed by atoms with Crippen molar-refractivity contribution in [3.05, 3.63) is 18.0 Å². The Morgan fingerprint density at radius 3 is 2.68 bits per heavy atom. The highest BCUT2D eigenvalue weighted by molar-refractivity contribution is 5.85. The van der Waals surface area contributed by atoms with Crippen LogP contribution in [0.5, 0.6) is 0 Å². The van der Waals surface area contributed by atoms with Crippen LogP contribution in [0.1, 0.15) is 18.4 Å². The minimum atomic E-state index is 0. The Balaban J connectivity index is 0.00000220. The van der Waals surface area contributed by atoms with Crippen molar-refractivity contribution < 1.29 is 9.53 Å². The molecule has 0 radical (unpaired) electrons. The molecule has 0 atom stereocenters. The summed E-state index contributed by atoms with van der Waals surface area (Å²) in [4.78, 5) is 12.0. The van der Waals surface area contributed by atoms with Gasteiger partial charge in [0.1, 0.15) is 0 Å². The molecule has 22 heavy (non-hydrogen) atoms. The molecule has 2 heterocycles. The van der Waals surface area contributed by atoms with E-state index in [1.54, 1.807) is 18.0 Å². The van der Waals surface area contributed by atoms with Crippen molar-refractivity contribution in [1.29, 1.82) is 0 Å². The number of methoxy groups -OCH3 is 1. The fourth-order valence-corrected chi connectivity index (χ4v) is 2.73. The molecule has 1 aliphatic rings. The number of carbonyl (C=O) groups is 1. The Hall–Kier alpha value is -0.820. The van der Waals surface area contributed by atoms with Crippen molar-refractivity contribution in [2.45, 2.75) is 19.3 Å². The molecule has 0 unspecified atom stereocenters. The molecule has 2 rings (SSSR count). The highest BCUT2D eigenvalue weighted by atomic mass is 35.5. The quantitative estimate of drug-likeness (QED) is 0.799. The second kappa shape index (κ2) is 10.0. The van der Waals surface area contributed by atoms with Gasteiger partial charge in [0.2, 0.25) is 5.91 Å². The summed E-state index contributed by atoms with van der Waals surface area (Å²) >= 11 is 0. The van der Waals surface area contributed by atoms with E-state index in [1.165, 1.54) is 0 Å². The molecule has 128 valence electrons. The zero-order chi connectivity index (χ0) is 14.4. The lowest BCUT2D eigenvalue weighted by atomic mass is 9.79. The summed E-state index contributed by atoms with van der Waals surface area (Å²) in [5.74, 6) is 0.0482. The van der Waals surface area contributed by atoms with E-state index in [9.17, 15) is 4.79 Å². The van der Waals surface area contributed by atoms with Crippen molar-refractivity contribution in [3.63, 3.8) is 0 Å². The number of rotatable bonds is 6. The van der Waals surface area contributed by atoms with Crippen LogP contribution >= 0.6 is 24.8 Å². The van der Waals surface area contributed by atoms with E-state index < -0.39 is 0 Å². The van der Waals surface area contributed by atoms with Crippen molar-refractivity contribution in [2.24, 2.45) is 12.5 Å². The van der Waals surface area contributed by atoms with Gasteiger partial charge in [-0.2, -0.15) is 5.10 Å². The third-order valence-electron chi connectivity index (χ3n) is 3.90. The topological polar surface area (TPSA) is 68.2 Å². The Labute approximate surface area is 144 Å². The number of halogens is 2. The molecule has 0 saturated carbocycles. The second-order valence-electron chi connectivity index (χ2n) is 5.66. The summed E-state index contributed by atoms with van der Waals surface area (Å²) in [6.45, 7) is 3.35. The van der Waals surface area contributed by atoms with E-state index in [0.29, 0.717) is 19.6 Å². The van der Waals surface area contributed by atoms with Crippen LogP contribution in [0.4, 0.5) is 0 Å². The molecule has 1 amide bonds. The number of nitrogens with one attached hydrogen (secondary N) is 2. The number of nitrogens with zero attached hydrogens (tertiary/aromatic N) is 2. The lowest BCUT2D eigenvalue weighted by molar-refractivity contribution is -0.121. The van der Waals surface area contributed by atoms with Crippen LogP contribution in [-0.4, -0.2) is 49.0 Å². The molecular formula is C14H26Cl2N4O2. The lowest BCUT2D eigenvalue weighted by Crippen LogP contribution is -2.47. The minimum absolute atomic E-state index is 0. The fourth-order valence-electron chi connectivity index (χ4n) is 2.73. The van der Waals surface area contributed by atoms with Gasteiger partial charge in [-0.15, -0.1) is 24.8 Å². The van der Waals surface area contributed by atoms with Gasteiger partial charge in [0, 0.05) is 32.3 Å². The summed E-state index contributed by atoms with van der Waals surface area (Å²) in [6, 6.07) is 0. The molecule has 1 aliphatic heterocycles. The number of amides is 1. The molecular weight excluding hydrogens is 327 g/mol. The minimum Gasteiger partial charge on any atom is -0.384 e. The molecule has 0 aromatic carbocycles. The van der Waals surface area contributed by atoms with Crippen molar-refractivity contribution in [1.82, 2.24) is 20.4 Å². The van der Waals surface area contributed by atoms with Crippen LogP contribution in [0.2, 0.25) is 0 Å². The first-order chi connectivity index (χ1) is 9.63. The molecule has 1 saturated heterocycles. The van der Waals surface area contributed by atoms with Crippen LogP contribution in [0.3, 0.4) is 0 Å². The summed E-state index contributed by atoms with van der Waals surface area (Å²) < 4.78 is 7.06. The lowest BCUT2D eigenvalue weighted by Gasteiger charge is -2.37. The van der Waals surface area contributed by atoms with Crippen LogP contribution in [0.25, 0.3) is 0 Å². The van der Waals surface area contributed by atoms with E-state index in [4.69, 9.17) is 4.74 Å². The van der Waals surface area contributed by atoms with E-state index in [1.807, 2.05) is 13.2 Å². The summed E-state index contributed by atoms with van der Waals surface area (Å²) in [5, 5.41) is 10.5. The van der Waals surface area contributed by atoms with Gasteiger partial charge in [0.15, 0.2) is 0 Å². The Morgan fingerprint density at radius 2 is 2.14 bits per heavy atom. The third kappa shape index (κ3) is 6.12. The molecule has 1 aromatic rings. The molecule has 6 nitrogen and oxygen atoms in total. The monoisotopic (exact) mass is 352 g/mol. The SMILES string of the molecule is COCC1(CNC(=O)Cc2cnn(C)c2)CCNCC1.Cl.Cl. The van der Waals surface area contributed by atoms with Crippen molar-refractivity contribution in [3.8, 4) is 0 Å². The fraction of sp³-hybridized carbons (Fsp3) is 0.714. The number of aryl methyl sites for hydroxylation is 1. The Kier molecular flexibility index (Phi) is 9.67. The van der Waals surface area contributed by atoms with Crippen LogP contribution in [-0.2, 0) is 23.0 Å². The Bertz CT molecular complexity index is 442. The predicted octanol–water partition coefficient (Wildman–Crippen LogP) is 0.939. The largest absolute Gasteiger partial charge is 0.384 e. The molecule has 0 spiro atoms. The summed E-state index contributed by atoms with van der Waals surface area (Å²) in [6.07, 6.45) is 6.06. The van der Waals surface area contributed by atoms with Gasteiger partial charge in [0.25, 0.3) is 0 Å². The number of piperidine rings is 1. The maximum absolute atomic E-state index is 12.0. The van der Waals surface area contributed by atoms with Crippen LogP contribution < -0.4 is 10.6 Å². The molecule has 0 bridgehead atoms. The van der Waals surface area contributed by atoms with Gasteiger partial charge >= 0.3 is 0 Å². The van der Waals surface area contributed by atoms with E-state index in [0.717, 1.165) is 31.5 Å². The van der Waals surface area contributed by atoms with E-state index >= 15 is 0 Å². The van der Waals surface area contributed by atoms with E-state index in [2.05, 4.69) is 15.7 Å². The summed E-state index contributed by atoms with van der Waals surface area (Å²) in [7, 11) is 3.57. The van der Waals surface area contributed by atoms with Gasteiger partial charge in [-0.1, -0.05) is 0 Å². The highest BCUT2D eigenvalue weighted by Gasteiger charge is 2.32. The van der Waals surface area contributed by atoms with Crippen molar-refractivity contribution in [2.75, 3.05) is 33.4 Å². The maximum atomic E-state index is 12.0.